The largest absolute Gasteiger partial charge is 0.361 e. The molecule has 0 radical (unpaired) electrons. The summed E-state index contributed by atoms with van der Waals surface area (Å²) in [5.74, 6) is 0.710. The van der Waals surface area contributed by atoms with Crippen molar-refractivity contribution >= 4 is 16.8 Å². The van der Waals surface area contributed by atoms with Crippen LogP contribution < -0.4 is 5.32 Å². The number of benzene rings is 1. The normalized spacial score (nSPS) is 10.8. The number of aromatic amines is 1. The van der Waals surface area contributed by atoms with E-state index in [4.69, 9.17) is 4.52 Å². The fourth-order valence-corrected chi connectivity index (χ4v) is 2.20. The zero-order chi connectivity index (χ0) is 13.9. The fourth-order valence-electron chi connectivity index (χ4n) is 2.20. The van der Waals surface area contributed by atoms with E-state index in [-0.39, 0.29) is 5.91 Å². The van der Waals surface area contributed by atoms with Crippen LogP contribution in [0.4, 0.5) is 0 Å². The number of nitrogens with one attached hydrogen (secondary N) is 2. The van der Waals surface area contributed by atoms with E-state index in [9.17, 15) is 4.79 Å². The summed E-state index contributed by atoms with van der Waals surface area (Å²) in [6, 6.07) is 9.75. The summed E-state index contributed by atoms with van der Waals surface area (Å²) in [7, 11) is 0. The van der Waals surface area contributed by atoms with Gasteiger partial charge in [-0.25, -0.2) is 0 Å². The van der Waals surface area contributed by atoms with Crippen molar-refractivity contribution < 1.29 is 9.32 Å². The van der Waals surface area contributed by atoms with Crippen LogP contribution in [0.25, 0.3) is 10.9 Å². The van der Waals surface area contributed by atoms with Gasteiger partial charge < -0.3 is 14.8 Å². The summed E-state index contributed by atoms with van der Waals surface area (Å²) < 4.78 is 4.95. The van der Waals surface area contributed by atoms with Crippen LogP contribution in [0.5, 0.6) is 0 Å². The second-order valence-electron chi connectivity index (χ2n) is 4.74. The second kappa shape index (κ2) is 5.21. The standard InChI is InChI=1S/C15H15N3O2/c1-10-6-12(18-20-10)9-17-15(19)7-11-8-16-14-5-3-2-4-13(11)14/h2-6,8,16H,7,9H2,1H3,(H,17,19). The number of para-hydroxylation sites is 1. The number of nitrogens with zero attached hydrogens (tertiary/aromatic N) is 1. The highest BCUT2D eigenvalue weighted by Crippen LogP contribution is 2.17. The average molecular weight is 269 g/mol. The summed E-state index contributed by atoms with van der Waals surface area (Å²) in [4.78, 5) is 15.1. The summed E-state index contributed by atoms with van der Waals surface area (Å²) in [5, 5.41) is 7.76. The quantitative estimate of drug-likeness (QED) is 0.763. The molecule has 0 aliphatic carbocycles. The highest BCUT2D eigenvalue weighted by atomic mass is 16.5. The summed E-state index contributed by atoms with van der Waals surface area (Å²) >= 11 is 0. The van der Waals surface area contributed by atoms with Crippen molar-refractivity contribution in [2.45, 2.75) is 19.9 Å². The van der Waals surface area contributed by atoms with Gasteiger partial charge in [0, 0.05) is 23.2 Å². The molecular weight excluding hydrogens is 254 g/mol. The molecule has 0 bridgehead atoms. The lowest BCUT2D eigenvalue weighted by molar-refractivity contribution is -0.120. The molecule has 0 unspecified atom stereocenters. The Hall–Kier alpha value is -2.56. The van der Waals surface area contributed by atoms with Gasteiger partial charge in [-0.2, -0.15) is 0 Å². The number of carbonyl (C=O) groups is 1. The Balaban J connectivity index is 1.64. The number of aryl methyl sites for hydroxylation is 1. The van der Waals surface area contributed by atoms with Crippen molar-refractivity contribution in [1.82, 2.24) is 15.5 Å². The third-order valence-corrected chi connectivity index (χ3v) is 3.17. The zero-order valence-corrected chi connectivity index (χ0v) is 11.1. The molecule has 0 fully saturated rings. The monoisotopic (exact) mass is 269 g/mol. The Labute approximate surface area is 116 Å². The highest BCUT2D eigenvalue weighted by molar-refractivity contribution is 5.88. The Morgan fingerprint density at radius 3 is 3.05 bits per heavy atom. The van der Waals surface area contributed by atoms with Crippen LogP contribution in [0.15, 0.2) is 41.1 Å². The van der Waals surface area contributed by atoms with Gasteiger partial charge in [-0.15, -0.1) is 0 Å². The average Bonchev–Trinajstić information content (AvgIpc) is 3.04. The molecule has 102 valence electrons. The van der Waals surface area contributed by atoms with E-state index in [2.05, 4.69) is 15.5 Å². The third-order valence-electron chi connectivity index (χ3n) is 3.17. The maximum atomic E-state index is 12.0. The Morgan fingerprint density at radius 1 is 1.40 bits per heavy atom. The van der Waals surface area contributed by atoms with E-state index < -0.39 is 0 Å². The molecule has 0 saturated carbocycles. The molecule has 2 N–H and O–H groups in total. The first-order chi connectivity index (χ1) is 9.72. The van der Waals surface area contributed by atoms with Crippen LogP contribution >= 0.6 is 0 Å². The van der Waals surface area contributed by atoms with Crippen molar-refractivity contribution in [2.75, 3.05) is 0 Å². The number of rotatable bonds is 4. The minimum Gasteiger partial charge on any atom is -0.361 e. The van der Waals surface area contributed by atoms with Gasteiger partial charge in [-0.3, -0.25) is 4.79 Å². The highest BCUT2D eigenvalue weighted by Gasteiger charge is 2.09. The van der Waals surface area contributed by atoms with Crippen molar-refractivity contribution in [3.05, 3.63) is 53.5 Å². The van der Waals surface area contributed by atoms with E-state index in [0.29, 0.717) is 13.0 Å². The number of hydrogen-bond donors (Lipinski definition) is 2. The molecule has 2 heterocycles. The van der Waals surface area contributed by atoms with Gasteiger partial charge in [-0.1, -0.05) is 23.4 Å². The SMILES string of the molecule is Cc1cc(CNC(=O)Cc2c[nH]c3ccccc23)no1. The molecular formula is C15H15N3O2. The minimum absolute atomic E-state index is 0.0320. The van der Waals surface area contributed by atoms with Crippen LogP contribution in [0.3, 0.4) is 0 Å². The van der Waals surface area contributed by atoms with E-state index in [1.54, 1.807) is 0 Å². The predicted molar refractivity (Wildman–Crippen MR) is 75.1 cm³/mol. The van der Waals surface area contributed by atoms with Crippen molar-refractivity contribution in [3.63, 3.8) is 0 Å². The zero-order valence-electron chi connectivity index (χ0n) is 11.1. The van der Waals surface area contributed by atoms with Crippen LogP contribution in [0.2, 0.25) is 0 Å². The van der Waals surface area contributed by atoms with E-state index >= 15 is 0 Å². The topological polar surface area (TPSA) is 70.9 Å². The first-order valence-corrected chi connectivity index (χ1v) is 6.46. The molecule has 3 aromatic rings. The molecule has 1 amide bonds. The number of carbonyl (C=O) groups excluding carboxylic acids is 1. The van der Waals surface area contributed by atoms with Gasteiger partial charge in [0.25, 0.3) is 0 Å². The summed E-state index contributed by atoms with van der Waals surface area (Å²) in [6.07, 6.45) is 2.23. The van der Waals surface area contributed by atoms with Gasteiger partial charge in [-0.05, 0) is 18.6 Å². The minimum atomic E-state index is -0.0320. The van der Waals surface area contributed by atoms with Gasteiger partial charge in [0.05, 0.1) is 13.0 Å². The summed E-state index contributed by atoms with van der Waals surface area (Å²) in [6.45, 7) is 2.21. The number of amides is 1. The van der Waals surface area contributed by atoms with Crippen LogP contribution in [-0.4, -0.2) is 16.0 Å². The lowest BCUT2D eigenvalue weighted by Crippen LogP contribution is -2.24. The smallest absolute Gasteiger partial charge is 0.224 e. The van der Waals surface area contributed by atoms with Crippen LogP contribution in [-0.2, 0) is 17.8 Å². The van der Waals surface area contributed by atoms with Crippen LogP contribution in [0.1, 0.15) is 17.0 Å². The van der Waals surface area contributed by atoms with E-state index in [1.807, 2.05) is 43.5 Å². The molecule has 3 rings (SSSR count). The van der Waals surface area contributed by atoms with Crippen LogP contribution in [0, 0.1) is 6.92 Å². The number of fused-ring (bicyclic) bond motifs is 1. The molecule has 5 heteroatoms. The molecule has 0 saturated heterocycles. The maximum Gasteiger partial charge on any atom is 0.224 e. The van der Waals surface area contributed by atoms with Crippen molar-refractivity contribution in [1.29, 1.82) is 0 Å². The second-order valence-corrected chi connectivity index (χ2v) is 4.74. The van der Waals surface area contributed by atoms with Gasteiger partial charge in [0.2, 0.25) is 5.91 Å². The Kier molecular flexibility index (Phi) is 3.25. The van der Waals surface area contributed by atoms with Gasteiger partial charge in [0.1, 0.15) is 11.5 Å². The molecule has 1 aromatic carbocycles. The Bertz CT molecular complexity index is 742. The molecule has 0 spiro atoms. The first kappa shape index (κ1) is 12.5. The first-order valence-electron chi connectivity index (χ1n) is 6.46. The summed E-state index contributed by atoms with van der Waals surface area (Å²) in [5.41, 5.74) is 2.77. The molecule has 0 aliphatic heterocycles. The number of hydrogen-bond acceptors (Lipinski definition) is 3. The van der Waals surface area contributed by atoms with Crippen molar-refractivity contribution in [2.24, 2.45) is 0 Å². The lowest BCUT2D eigenvalue weighted by atomic mass is 10.1. The lowest BCUT2D eigenvalue weighted by Gasteiger charge is -2.02. The number of H-pyrrole nitrogens is 1. The molecule has 2 aromatic heterocycles. The molecule has 0 atom stereocenters. The number of aromatic nitrogens is 2. The predicted octanol–water partition coefficient (Wildman–Crippen LogP) is 2.32. The molecule has 5 nitrogen and oxygen atoms in total. The van der Waals surface area contributed by atoms with E-state index in [1.165, 1.54) is 0 Å². The molecule has 20 heavy (non-hydrogen) atoms. The Morgan fingerprint density at radius 2 is 2.25 bits per heavy atom. The van der Waals surface area contributed by atoms with Gasteiger partial charge in [0.15, 0.2) is 0 Å². The van der Waals surface area contributed by atoms with Crippen molar-refractivity contribution in [3.8, 4) is 0 Å². The van der Waals surface area contributed by atoms with Gasteiger partial charge >= 0.3 is 0 Å². The third kappa shape index (κ3) is 2.56. The van der Waals surface area contributed by atoms with E-state index in [0.717, 1.165) is 27.9 Å². The molecule has 0 aliphatic rings. The fraction of sp³-hybridized carbons (Fsp3) is 0.200. The maximum absolute atomic E-state index is 12.0.